The van der Waals surface area contributed by atoms with Crippen LogP contribution in [0.25, 0.3) is 0 Å². The van der Waals surface area contributed by atoms with Gasteiger partial charge in [0.25, 0.3) is 0 Å². The van der Waals surface area contributed by atoms with Crippen molar-refractivity contribution in [1.29, 1.82) is 0 Å². The smallest absolute Gasteiger partial charge is 0.0521 e. The van der Waals surface area contributed by atoms with E-state index in [1.165, 1.54) is 25.8 Å². The lowest BCUT2D eigenvalue weighted by Gasteiger charge is -2.34. The molecule has 0 aromatic carbocycles. The third-order valence-electron chi connectivity index (χ3n) is 3.53. The highest BCUT2D eigenvalue weighted by atomic mass is 16.5. The lowest BCUT2D eigenvalue weighted by molar-refractivity contribution is 0.0215. The second-order valence-corrected chi connectivity index (χ2v) is 4.99. The van der Waals surface area contributed by atoms with Crippen molar-refractivity contribution in [1.82, 2.24) is 10.2 Å². The summed E-state index contributed by atoms with van der Waals surface area (Å²) in [6, 6.07) is 0.641. The third kappa shape index (κ3) is 4.81. The second-order valence-electron chi connectivity index (χ2n) is 4.99. The van der Waals surface area contributed by atoms with E-state index in [9.17, 15) is 0 Å². The van der Waals surface area contributed by atoms with E-state index in [0.29, 0.717) is 12.0 Å². The van der Waals surface area contributed by atoms with E-state index < -0.39 is 0 Å². The van der Waals surface area contributed by atoms with Gasteiger partial charge in [0.15, 0.2) is 0 Å². The van der Waals surface area contributed by atoms with Gasteiger partial charge in [-0.2, -0.15) is 0 Å². The highest BCUT2D eigenvalue weighted by Gasteiger charge is 2.25. The molecule has 3 heteroatoms. The zero-order valence-corrected chi connectivity index (χ0v) is 11.2. The molecule has 2 unspecified atom stereocenters. The fourth-order valence-corrected chi connectivity index (χ4v) is 2.48. The Labute approximate surface area is 101 Å². The molecule has 1 saturated heterocycles. The van der Waals surface area contributed by atoms with E-state index in [2.05, 4.69) is 31.2 Å². The van der Waals surface area contributed by atoms with Crippen LogP contribution in [-0.4, -0.2) is 51.3 Å². The molecular formula is C13H28N2O. The molecular weight excluding hydrogens is 200 g/mol. The topological polar surface area (TPSA) is 24.5 Å². The van der Waals surface area contributed by atoms with Crippen molar-refractivity contribution < 1.29 is 4.74 Å². The lowest BCUT2D eigenvalue weighted by Crippen LogP contribution is -2.46. The molecule has 1 aliphatic rings. The first-order chi connectivity index (χ1) is 7.77. The van der Waals surface area contributed by atoms with Crippen LogP contribution in [0.2, 0.25) is 0 Å². The van der Waals surface area contributed by atoms with Gasteiger partial charge in [0.2, 0.25) is 0 Å². The maximum Gasteiger partial charge on any atom is 0.0521 e. The Morgan fingerprint density at radius 2 is 2.19 bits per heavy atom. The van der Waals surface area contributed by atoms with Crippen LogP contribution in [0.5, 0.6) is 0 Å². The molecule has 96 valence electrons. The van der Waals surface area contributed by atoms with Crippen molar-refractivity contribution in [2.45, 2.75) is 38.6 Å². The summed E-state index contributed by atoms with van der Waals surface area (Å²) in [5, 5.41) is 3.42. The maximum absolute atomic E-state index is 5.57. The van der Waals surface area contributed by atoms with Gasteiger partial charge in [-0.15, -0.1) is 0 Å². The Morgan fingerprint density at radius 3 is 2.88 bits per heavy atom. The van der Waals surface area contributed by atoms with Crippen molar-refractivity contribution in [2.75, 3.05) is 40.4 Å². The zero-order chi connectivity index (χ0) is 11.8. The number of rotatable bonds is 7. The number of nitrogens with zero attached hydrogens (tertiary/aromatic N) is 1. The second kappa shape index (κ2) is 8.04. The summed E-state index contributed by atoms with van der Waals surface area (Å²) in [6.07, 6.45) is 5.13. The molecule has 0 spiro atoms. The Balaban J connectivity index is 2.22. The fourth-order valence-electron chi connectivity index (χ4n) is 2.48. The Kier molecular flexibility index (Phi) is 7.01. The van der Waals surface area contributed by atoms with Crippen molar-refractivity contribution in [3.05, 3.63) is 0 Å². The Hall–Kier alpha value is -0.120. The predicted octanol–water partition coefficient (Wildman–Crippen LogP) is 1.73. The molecule has 1 heterocycles. The fraction of sp³-hybridized carbons (Fsp3) is 1.00. The van der Waals surface area contributed by atoms with Crippen LogP contribution in [-0.2, 0) is 4.74 Å². The minimum atomic E-state index is 0.641. The molecule has 1 fully saturated rings. The number of hydrogen-bond donors (Lipinski definition) is 1. The van der Waals surface area contributed by atoms with E-state index in [-0.39, 0.29) is 0 Å². The Morgan fingerprint density at radius 1 is 1.38 bits per heavy atom. The van der Waals surface area contributed by atoms with Gasteiger partial charge in [0.05, 0.1) is 6.61 Å². The summed E-state index contributed by atoms with van der Waals surface area (Å²) < 4.78 is 5.57. The van der Waals surface area contributed by atoms with Crippen LogP contribution in [0.3, 0.4) is 0 Å². The molecule has 0 aromatic rings. The summed E-state index contributed by atoms with van der Waals surface area (Å²) in [6.45, 7) is 6.48. The average Bonchev–Trinajstić information content (AvgIpc) is 2.30. The van der Waals surface area contributed by atoms with E-state index in [1.807, 2.05) is 0 Å². The average molecular weight is 228 g/mol. The summed E-state index contributed by atoms with van der Waals surface area (Å²) in [4.78, 5) is 2.46. The zero-order valence-electron chi connectivity index (χ0n) is 11.2. The van der Waals surface area contributed by atoms with Crippen LogP contribution < -0.4 is 5.32 Å². The molecule has 0 saturated carbocycles. The first kappa shape index (κ1) is 13.9. The number of unbranched alkanes of at least 4 members (excludes halogenated alkanes) is 2. The molecule has 0 bridgehead atoms. The highest BCUT2D eigenvalue weighted by molar-refractivity contribution is 4.80. The first-order valence-corrected chi connectivity index (χ1v) is 6.71. The monoisotopic (exact) mass is 228 g/mol. The first-order valence-electron chi connectivity index (χ1n) is 6.71. The molecule has 2 atom stereocenters. The molecule has 1 rings (SSSR count). The van der Waals surface area contributed by atoms with Crippen molar-refractivity contribution in [2.24, 2.45) is 5.92 Å². The van der Waals surface area contributed by atoms with Crippen LogP contribution in [0, 0.1) is 5.92 Å². The van der Waals surface area contributed by atoms with Gasteiger partial charge >= 0.3 is 0 Å². The molecule has 3 nitrogen and oxygen atoms in total. The normalized spacial score (nSPS) is 26.2. The summed E-state index contributed by atoms with van der Waals surface area (Å²) >= 11 is 0. The van der Waals surface area contributed by atoms with Crippen LogP contribution in [0.1, 0.15) is 32.6 Å². The highest BCUT2D eigenvalue weighted by Crippen LogP contribution is 2.15. The van der Waals surface area contributed by atoms with Crippen LogP contribution >= 0.6 is 0 Å². The molecule has 0 aromatic heterocycles. The van der Waals surface area contributed by atoms with Crippen molar-refractivity contribution in [3.8, 4) is 0 Å². The van der Waals surface area contributed by atoms with Gasteiger partial charge in [-0.05, 0) is 33.5 Å². The van der Waals surface area contributed by atoms with Gasteiger partial charge in [-0.25, -0.2) is 0 Å². The van der Waals surface area contributed by atoms with Gasteiger partial charge in [0, 0.05) is 25.1 Å². The summed E-state index contributed by atoms with van der Waals surface area (Å²) in [7, 11) is 4.30. The van der Waals surface area contributed by atoms with Gasteiger partial charge < -0.3 is 15.0 Å². The molecule has 0 amide bonds. The standard InChI is InChI=1S/C13H28N2O/c1-4-5-6-8-15(3)10-12-11-16-9-7-13(12)14-2/h12-14H,4-11H2,1-3H3. The predicted molar refractivity (Wildman–Crippen MR) is 68.8 cm³/mol. The number of nitrogens with one attached hydrogen (secondary N) is 1. The number of ether oxygens (including phenoxy) is 1. The quantitative estimate of drug-likeness (QED) is 0.672. The van der Waals surface area contributed by atoms with Crippen LogP contribution in [0.15, 0.2) is 0 Å². The maximum atomic E-state index is 5.57. The molecule has 0 radical (unpaired) electrons. The van der Waals surface area contributed by atoms with E-state index >= 15 is 0 Å². The molecule has 16 heavy (non-hydrogen) atoms. The minimum Gasteiger partial charge on any atom is -0.381 e. The van der Waals surface area contributed by atoms with Crippen molar-refractivity contribution >= 4 is 0 Å². The van der Waals surface area contributed by atoms with Gasteiger partial charge in [-0.1, -0.05) is 19.8 Å². The summed E-state index contributed by atoms with van der Waals surface area (Å²) in [5.41, 5.74) is 0. The lowest BCUT2D eigenvalue weighted by atomic mass is 9.95. The van der Waals surface area contributed by atoms with Gasteiger partial charge in [-0.3, -0.25) is 0 Å². The molecule has 0 aliphatic carbocycles. The number of hydrogen-bond acceptors (Lipinski definition) is 3. The minimum absolute atomic E-state index is 0.641. The largest absolute Gasteiger partial charge is 0.381 e. The third-order valence-corrected chi connectivity index (χ3v) is 3.53. The van der Waals surface area contributed by atoms with Gasteiger partial charge in [0.1, 0.15) is 0 Å². The SMILES string of the molecule is CCCCCN(C)CC1COCCC1NC. The van der Waals surface area contributed by atoms with E-state index in [0.717, 1.165) is 26.2 Å². The van der Waals surface area contributed by atoms with Crippen molar-refractivity contribution in [3.63, 3.8) is 0 Å². The molecule has 1 aliphatic heterocycles. The summed E-state index contributed by atoms with van der Waals surface area (Å²) in [5.74, 6) is 0.658. The van der Waals surface area contributed by atoms with E-state index in [1.54, 1.807) is 0 Å². The van der Waals surface area contributed by atoms with E-state index in [4.69, 9.17) is 4.74 Å². The Bertz CT molecular complexity index is 175. The van der Waals surface area contributed by atoms with Crippen LogP contribution in [0.4, 0.5) is 0 Å². The molecule has 1 N–H and O–H groups in total.